The van der Waals surface area contributed by atoms with Crippen LogP contribution in [0.5, 0.6) is 0 Å². The molecule has 0 amide bonds. The normalized spacial score (nSPS) is 27.9. The first-order chi connectivity index (χ1) is 11.0. The number of thioether (sulfide) groups is 1. The number of hydrogen-bond donors (Lipinski definition) is 2. The third-order valence-electron chi connectivity index (χ3n) is 4.52. The Morgan fingerprint density at radius 1 is 1.39 bits per heavy atom. The largest absolute Gasteiger partial charge is 0.480 e. The van der Waals surface area contributed by atoms with Crippen LogP contribution in [0.1, 0.15) is 30.3 Å². The van der Waals surface area contributed by atoms with E-state index in [-0.39, 0.29) is 10.1 Å². The summed E-state index contributed by atoms with van der Waals surface area (Å²) in [6, 6.07) is 7.81. The first-order valence-corrected chi connectivity index (χ1v) is 8.90. The first-order valence-electron chi connectivity index (χ1n) is 8.02. The van der Waals surface area contributed by atoms with Crippen LogP contribution in [0.15, 0.2) is 24.3 Å². The van der Waals surface area contributed by atoms with Crippen molar-refractivity contribution in [3.63, 3.8) is 0 Å². The van der Waals surface area contributed by atoms with E-state index in [1.54, 1.807) is 11.8 Å². The molecule has 0 bridgehead atoms. The highest BCUT2D eigenvalue weighted by Gasteiger charge is 2.45. The minimum atomic E-state index is -0.782. The van der Waals surface area contributed by atoms with Crippen molar-refractivity contribution in [3.05, 3.63) is 35.4 Å². The van der Waals surface area contributed by atoms with Crippen molar-refractivity contribution >= 4 is 17.7 Å². The van der Waals surface area contributed by atoms with E-state index in [1.165, 1.54) is 11.1 Å². The van der Waals surface area contributed by atoms with Gasteiger partial charge >= 0.3 is 5.97 Å². The number of carboxylic acids is 1. The van der Waals surface area contributed by atoms with E-state index in [1.807, 2.05) is 19.9 Å². The van der Waals surface area contributed by atoms with E-state index in [9.17, 15) is 9.90 Å². The van der Waals surface area contributed by atoms with Crippen LogP contribution in [0.4, 0.5) is 0 Å². The number of carbonyl (C=O) groups is 1. The molecule has 0 aromatic heterocycles. The summed E-state index contributed by atoms with van der Waals surface area (Å²) in [7, 11) is 0. The van der Waals surface area contributed by atoms with Crippen molar-refractivity contribution in [1.29, 1.82) is 0 Å². The zero-order chi connectivity index (χ0) is 16.4. The number of nitrogens with zero attached hydrogens (tertiary/aromatic N) is 1. The zero-order valence-electron chi connectivity index (χ0n) is 13.6. The minimum absolute atomic E-state index is 0.0170. The molecule has 5 nitrogen and oxygen atoms in total. The Balaban J connectivity index is 1.79. The molecule has 2 unspecified atom stereocenters. The Labute approximate surface area is 141 Å². The van der Waals surface area contributed by atoms with Crippen LogP contribution in [-0.4, -0.2) is 53.1 Å². The summed E-state index contributed by atoms with van der Waals surface area (Å²) in [5.41, 5.74) is 2.46. The van der Waals surface area contributed by atoms with E-state index in [0.717, 1.165) is 32.8 Å². The number of ether oxygens (including phenoxy) is 1. The molecule has 2 N–H and O–H groups in total. The van der Waals surface area contributed by atoms with Gasteiger partial charge in [0.05, 0.1) is 18.6 Å². The third-order valence-corrected chi connectivity index (χ3v) is 5.99. The summed E-state index contributed by atoms with van der Waals surface area (Å²) in [6.07, 6.45) is 0. The third kappa shape index (κ3) is 3.71. The molecule has 2 aliphatic heterocycles. The molecule has 2 saturated heterocycles. The van der Waals surface area contributed by atoms with Crippen molar-refractivity contribution in [2.24, 2.45) is 0 Å². The Morgan fingerprint density at radius 2 is 2.09 bits per heavy atom. The standard InChI is InChI=1S/C17H24N2O3S/c1-17(2)14(16(20)21)18-15(23-17)13-6-4-3-5-12(13)11-19-7-9-22-10-8-19/h3-6,14-15,18H,7-11H2,1-2H3,(H,20,21). The van der Waals surface area contributed by atoms with Gasteiger partial charge in [0.2, 0.25) is 0 Å². The van der Waals surface area contributed by atoms with Crippen molar-refractivity contribution in [3.8, 4) is 0 Å². The van der Waals surface area contributed by atoms with Crippen molar-refractivity contribution in [2.75, 3.05) is 26.3 Å². The number of carboxylic acid groups (broad SMARTS) is 1. The fourth-order valence-electron chi connectivity index (χ4n) is 3.21. The number of aliphatic carboxylic acids is 1. The molecule has 0 radical (unpaired) electrons. The Hall–Kier alpha value is -1.08. The van der Waals surface area contributed by atoms with Crippen LogP contribution in [0.3, 0.4) is 0 Å². The highest BCUT2D eigenvalue weighted by atomic mass is 32.2. The lowest BCUT2D eigenvalue weighted by molar-refractivity contribution is -0.139. The summed E-state index contributed by atoms with van der Waals surface area (Å²) in [5.74, 6) is -0.782. The fourth-order valence-corrected chi connectivity index (χ4v) is 4.69. The van der Waals surface area contributed by atoms with E-state index < -0.39 is 12.0 Å². The molecule has 1 aromatic carbocycles. The number of benzene rings is 1. The summed E-state index contributed by atoms with van der Waals surface area (Å²) in [5, 5.41) is 12.8. The van der Waals surface area contributed by atoms with Gasteiger partial charge in [0.1, 0.15) is 6.04 Å². The molecule has 0 saturated carbocycles. The van der Waals surface area contributed by atoms with Gasteiger partial charge < -0.3 is 9.84 Å². The van der Waals surface area contributed by atoms with Crippen LogP contribution in [0.2, 0.25) is 0 Å². The number of morpholine rings is 1. The van der Waals surface area contributed by atoms with Gasteiger partial charge in [-0.25, -0.2) is 0 Å². The van der Waals surface area contributed by atoms with Crippen LogP contribution < -0.4 is 5.32 Å². The van der Waals surface area contributed by atoms with Gasteiger partial charge in [-0.05, 0) is 25.0 Å². The SMILES string of the molecule is CC1(C)SC(c2ccccc2CN2CCOCC2)NC1C(=O)O. The van der Waals surface area contributed by atoms with Gasteiger partial charge in [0, 0.05) is 24.4 Å². The Kier molecular flexibility index (Phi) is 4.96. The predicted octanol–water partition coefficient (Wildman–Crippen LogP) is 2.09. The average Bonchev–Trinajstić information content (AvgIpc) is 2.84. The second kappa shape index (κ2) is 6.81. The van der Waals surface area contributed by atoms with Crippen LogP contribution in [-0.2, 0) is 16.1 Å². The predicted molar refractivity (Wildman–Crippen MR) is 91.5 cm³/mol. The second-order valence-electron chi connectivity index (χ2n) is 6.63. The molecule has 2 fully saturated rings. The molecule has 6 heteroatoms. The zero-order valence-corrected chi connectivity index (χ0v) is 14.4. The maximum Gasteiger partial charge on any atom is 0.322 e. The molecular formula is C17H24N2O3S. The molecule has 0 spiro atoms. The van der Waals surface area contributed by atoms with Gasteiger partial charge in [-0.2, -0.15) is 0 Å². The topological polar surface area (TPSA) is 61.8 Å². The summed E-state index contributed by atoms with van der Waals surface area (Å²) in [4.78, 5) is 13.9. The number of hydrogen-bond acceptors (Lipinski definition) is 5. The molecule has 2 heterocycles. The maximum absolute atomic E-state index is 11.5. The molecule has 2 atom stereocenters. The van der Waals surface area contributed by atoms with Gasteiger partial charge in [-0.1, -0.05) is 24.3 Å². The van der Waals surface area contributed by atoms with Crippen LogP contribution in [0, 0.1) is 0 Å². The minimum Gasteiger partial charge on any atom is -0.480 e. The highest BCUT2D eigenvalue weighted by molar-refractivity contribution is 8.01. The molecule has 3 rings (SSSR count). The van der Waals surface area contributed by atoms with Gasteiger partial charge in [-0.15, -0.1) is 11.8 Å². The number of nitrogens with one attached hydrogen (secondary N) is 1. The van der Waals surface area contributed by atoms with E-state index in [4.69, 9.17) is 4.74 Å². The average molecular weight is 336 g/mol. The monoisotopic (exact) mass is 336 g/mol. The molecule has 0 aliphatic carbocycles. The highest BCUT2D eigenvalue weighted by Crippen LogP contribution is 2.46. The van der Waals surface area contributed by atoms with Gasteiger partial charge in [0.25, 0.3) is 0 Å². The van der Waals surface area contributed by atoms with E-state index in [2.05, 4.69) is 28.4 Å². The van der Waals surface area contributed by atoms with Crippen LogP contribution in [0.25, 0.3) is 0 Å². The van der Waals surface area contributed by atoms with Crippen molar-refractivity contribution in [1.82, 2.24) is 10.2 Å². The lowest BCUT2D eigenvalue weighted by Crippen LogP contribution is -2.43. The molecule has 126 valence electrons. The summed E-state index contributed by atoms with van der Waals surface area (Å²) >= 11 is 1.70. The number of rotatable bonds is 4. The van der Waals surface area contributed by atoms with Gasteiger partial charge in [0.15, 0.2) is 0 Å². The quantitative estimate of drug-likeness (QED) is 0.878. The molecule has 23 heavy (non-hydrogen) atoms. The molecular weight excluding hydrogens is 312 g/mol. The fraction of sp³-hybridized carbons (Fsp3) is 0.588. The first kappa shape index (κ1) is 16.8. The van der Waals surface area contributed by atoms with E-state index >= 15 is 0 Å². The van der Waals surface area contributed by atoms with Crippen LogP contribution >= 0.6 is 11.8 Å². The Morgan fingerprint density at radius 3 is 2.74 bits per heavy atom. The van der Waals surface area contributed by atoms with E-state index in [0.29, 0.717) is 0 Å². The molecule has 2 aliphatic rings. The summed E-state index contributed by atoms with van der Waals surface area (Å²) < 4.78 is 5.08. The second-order valence-corrected chi connectivity index (χ2v) is 8.39. The smallest absolute Gasteiger partial charge is 0.322 e. The lowest BCUT2D eigenvalue weighted by atomic mass is 10.0. The van der Waals surface area contributed by atoms with Gasteiger partial charge in [-0.3, -0.25) is 15.0 Å². The molecule has 1 aromatic rings. The van der Waals surface area contributed by atoms with Crippen molar-refractivity contribution < 1.29 is 14.6 Å². The Bertz CT molecular complexity index is 573. The maximum atomic E-state index is 11.5. The van der Waals surface area contributed by atoms with Crippen molar-refractivity contribution in [2.45, 2.75) is 36.6 Å². The summed E-state index contributed by atoms with van der Waals surface area (Å²) in [6.45, 7) is 8.34. The lowest BCUT2D eigenvalue weighted by Gasteiger charge is -2.28.